The molecule has 1 atom stereocenters. The molecule has 7 heteroatoms. The molecule has 0 aromatic heterocycles. The molecule has 1 heterocycles. The van der Waals surface area contributed by atoms with Crippen LogP contribution in [0.2, 0.25) is 0 Å². The van der Waals surface area contributed by atoms with Crippen LogP contribution in [-0.2, 0) is 9.53 Å². The first-order valence-corrected chi connectivity index (χ1v) is 6.18. The second-order valence-corrected chi connectivity index (χ2v) is 4.43. The molecule has 110 valence electrons. The first-order chi connectivity index (χ1) is 10.0. The van der Waals surface area contributed by atoms with E-state index in [0.717, 1.165) is 11.0 Å². The largest absolute Gasteiger partial charge is 0.497 e. The normalized spacial score (nSPS) is 16.4. The Balaban J connectivity index is 2.36. The first-order valence-electron chi connectivity index (χ1n) is 6.18. The van der Waals surface area contributed by atoms with Crippen LogP contribution >= 0.6 is 0 Å². The maximum absolute atomic E-state index is 14.0. The van der Waals surface area contributed by atoms with Gasteiger partial charge in [-0.05, 0) is 6.07 Å². The van der Waals surface area contributed by atoms with Gasteiger partial charge in [-0.2, -0.15) is 5.26 Å². The summed E-state index contributed by atoms with van der Waals surface area (Å²) in [6, 6.07) is 3.56. The van der Waals surface area contributed by atoms with Crippen LogP contribution in [0, 0.1) is 17.1 Å². The van der Waals surface area contributed by atoms with E-state index in [2.05, 4.69) is 4.74 Å². The molecule has 0 saturated heterocycles. The maximum Gasteiger partial charge on any atom is 0.307 e. The van der Waals surface area contributed by atoms with E-state index in [1.165, 1.54) is 20.3 Å². The highest BCUT2D eigenvalue weighted by atomic mass is 19.1. The zero-order valence-electron chi connectivity index (χ0n) is 11.6. The third-order valence-corrected chi connectivity index (χ3v) is 3.32. The molecule has 0 saturated carbocycles. The van der Waals surface area contributed by atoms with Crippen molar-refractivity contribution in [3.63, 3.8) is 0 Å². The van der Waals surface area contributed by atoms with Gasteiger partial charge in [0.15, 0.2) is 0 Å². The highest BCUT2D eigenvalue weighted by molar-refractivity contribution is 6.00. The lowest BCUT2D eigenvalue weighted by atomic mass is 10.0. The van der Waals surface area contributed by atoms with E-state index in [4.69, 9.17) is 4.74 Å². The first kappa shape index (κ1) is 14.8. The molecule has 1 aliphatic rings. The Labute approximate surface area is 120 Å². The van der Waals surface area contributed by atoms with Crippen LogP contribution in [0.4, 0.5) is 4.39 Å². The number of halogens is 1. The highest BCUT2D eigenvalue weighted by Gasteiger charge is 2.39. The number of benzene rings is 1. The van der Waals surface area contributed by atoms with E-state index >= 15 is 0 Å². The van der Waals surface area contributed by atoms with E-state index in [1.54, 1.807) is 0 Å². The Hall–Kier alpha value is -2.62. The molecule has 0 spiro atoms. The fourth-order valence-corrected chi connectivity index (χ4v) is 2.27. The topological polar surface area (TPSA) is 79.6 Å². The van der Waals surface area contributed by atoms with E-state index in [9.17, 15) is 19.2 Å². The number of hydrogen-bond acceptors (Lipinski definition) is 5. The third kappa shape index (κ3) is 2.52. The van der Waals surface area contributed by atoms with Crippen molar-refractivity contribution in [3.8, 4) is 11.8 Å². The molecule has 1 amide bonds. The summed E-state index contributed by atoms with van der Waals surface area (Å²) in [7, 11) is 2.60. The smallest absolute Gasteiger partial charge is 0.307 e. The van der Waals surface area contributed by atoms with Crippen LogP contribution in [0.3, 0.4) is 0 Å². The number of nitrogens with zero attached hydrogens (tertiary/aromatic N) is 2. The van der Waals surface area contributed by atoms with Gasteiger partial charge in [0.2, 0.25) is 0 Å². The van der Waals surface area contributed by atoms with E-state index in [1.807, 2.05) is 6.07 Å². The average molecular weight is 292 g/mol. The van der Waals surface area contributed by atoms with Gasteiger partial charge in [0.05, 0.1) is 32.3 Å². The number of rotatable bonds is 4. The number of fused-ring (bicyclic) bond motifs is 1. The molecule has 6 nitrogen and oxygen atoms in total. The zero-order chi connectivity index (χ0) is 15.6. The molecule has 0 aliphatic carbocycles. The van der Waals surface area contributed by atoms with Crippen LogP contribution < -0.4 is 4.74 Å². The molecule has 1 unspecified atom stereocenters. The Morgan fingerprint density at radius 1 is 1.48 bits per heavy atom. The van der Waals surface area contributed by atoms with Crippen LogP contribution in [0.15, 0.2) is 12.1 Å². The Morgan fingerprint density at radius 3 is 2.76 bits per heavy atom. The van der Waals surface area contributed by atoms with Crippen LogP contribution in [0.1, 0.15) is 28.4 Å². The van der Waals surface area contributed by atoms with Gasteiger partial charge < -0.3 is 14.4 Å². The predicted octanol–water partition coefficient (Wildman–Crippen LogP) is 1.42. The number of methoxy groups -OCH3 is 2. The lowest BCUT2D eigenvalue weighted by Crippen LogP contribution is -2.30. The van der Waals surface area contributed by atoms with Gasteiger partial charge in [0, 0.05) is 18.2 Å². The number of carbonyl (C=O) groups is 2. The SMILES string of the molecule is COC(=O)CCN1C(=O)c2c(F)cc(OC)cc2C1C#N. The number of amides is 1. The molecular weight excluding hydrogens is 279 g/mol. The Bertz CT molecular complexity index is 639. The van der Waals surface area contributed by atoms with Crippen molar-refractivity contribution < 1.29 is 23.5 Å². The minimum Gasteiger partial charge on any atom is -0.497 e. The molecular formula is C14H13FN2O4. The number of carbonyl (C=O) groups excluding carboxylic acids is 2. The monoisotopic (exact) mass is 292 g/mol. The molecule has 0 N–H and O–H groups in total. The van der Waals surface area contributed by atoms with Crippen molar-refractivity contribution in [3.05, 3.63) is 29.1 Å². The zero-order valence-corrected chi connectivity index (χ0v) is 11.6. The van der Waals surface area contributed by atoms with Crippen molar-refractivity contribution in [2.45, 2.75) is 12.5 Å². The standard InChI is InChI=1S/C14H13FN2O4/c1-20-8-5-9-11(7-16)17(4-3-12(18)21-2)14(19)13(9)10(15)6-8/h5-6,11H,3-4H2,1-2H3. The minimum atomic E-state index is -0.943. The lowest BCUT2D eigenvalue weighted by molar-refractivity contribution is -0.140. The van der Waals surface area contributed by atoms with Crippen molar-refractivity contribution in [2.75, 3.05) is 20.8 Å². The van der Waals surface area contributed by atoms with Gasteiger partial charge in [-0.1, -0.05) is 0 Å². The summed E-state index contributed by atoms with van der Waals surface area (Å²) in [5.74, 6) is -1.63. The van der Waals surface area contributed by atoms with Crippen molar-refractivity contribution in [1.29, 1.82) is 5.26 Å². The molecule has 2 rings (SSSR count). The molecule has 21 heavy (non-hydrogen) atoms. The summed E-state index contributed by atoms with van der Waals surface area (Å²) in [4.78, 5) is 24.6. The minimum absolute atomic E-state index is 0.0137. The summed E-state index contributed by atoms with van der Waals surface area (Å²) < 4.78 is 23.5. The third-order valence-electron chi connectivity index (χ3n) is 3.32. The van der Waals surface area contributed by atoms with Crippen LogP contribution in [-0.4, -0.2) is 37.5 Å². The fraction of sp³-hybridized carbons (Fsp3) is 0.357. The summed E-state index contributed by atoms with van der Waals surface area (Å²) in [6.45, 7) is -0.0137. The van der Waals surface area contributed by atoms with Gasteiger partial charge in [-0.25, -0.2) is 4.39 Å². The maximum atomic E-state index is 14.0. The van der Waals surface area contributed by atoms with Crippen LogP contribution in [0.5, 0.6) is 5.75 Å². The highest BCUT2D eigenvalue weighted by Crippen LogP contribution is 2.37. The van der Waals surface area contributed by atoms with E-state index in [0.29, 0.717) is 0 Å². The van der Waals surface area contributed by atoms with Crippen molar-refractivity contribution in [1.82, 2.24) is 4.90 Å². The van der Waals surface area contributed by atoms with E-state index < -0.39 is 23.7 Å². The lowest BCUT2D eigenvalue weighted by Gasteiger charge is -2.19. The fourth-order valence-electron chi connectivity index (χ4n) is 2.27. The average Bonchev–Trinajstić information content (AvgIpc) is 2.76. The second kappa shape index (κ2) is 5.79. The van der Waals surface area contributed by atoms with Gasteiger partial charge in [-0.3, -0.25) is 9.59 Å². The van der Waals surface area contributed by atoms with E-state index in [-0.39, 0.29) is 29.8 Å². The van der Waals surface area contributed by atoms with Crippen molar-refractivity contribution >= 4 is 11.9 Å². The van der Waals surface area contributed by atoms with Gasteiger partial charge in [0.25, 0.3) is 5.91 Å². The summed E-state index contributed by atoms with van der Waals surface area (Å²) in [5.41, 5.74) is 0.108. The van der Waals surface area contributed by atoms with Crippen molar-refractivity contribution in [2.24, 2.45) is 0 Å². The molecule has 0 bridgehead atoms. The molecule has 0 radical (unpaired) electrons. The van der Waals surface area contributed by atoms with Gasteiger partial charge >= 0.3 is 5.97 Å². The molecule has 1 aromatic rings. The molecule has 1 aromatic carbocycles. The summed E-state index contributed by atoms with van der Waals surface area (Å²) in [6.07, 6.45) is -0.0623. The second-order valence-electron chi connectivity index (χ2n) is 4.43. The number of esters is 1. The van der Waals surface area contributed by atoms with Gasteiger partial charge in [0.1, 0.15) is 17.6 Å². The number of ether oxygens (including phenoxy) is 2. The summed E-state index contributed by atoms with van der Waals surface area (Å²) in [5, 5.41) is 9.25. The van der Waals surface area contributed by atoms with Gasteiger partial charge in [-0.15, -0.1) is 0 Å². The number of hydrogen-bond donors (Lipinski definition) is 0. The quantitative estimate of drug-likeness (QED) is 0.784. The summed E-state index contributed by atoms with van der Waals surface area (Å²) >= 11 is 0. The molecule has 1 aliphatic heterocycles. The predicted molar refractivity (Wildman–Crippen MR) is 69.0 cm³/mol. The Morgan fingerprint density at radius 2 is 2.19 bits per heavy atom. The molecule has 0 fully saturated rings. The van der Waals surface area contributed by atoms with Crippen LogP contribution in [0.25, 0.3) is 0 Å². The Kier molecular flexibility index (Phi) is 4.08. The number of nitriles is 1.